The quantitative estimate of drug-likeness (QED) is 0.713. The third-order valence-electron chi connectivity index (χ3n) is 3.25. The molecule has 0 N–H and O–H groups in total. The fraction of sp³-hybridized carbons (Fsp3) is 0.125. The Morgan fingerprint density at radius 1 is 1.20 bits per heavy atom. The van der Waals surface area contributed by atoms with E-state index in [0.717, 1.165) is 22.5 Å². The predicted molar refractivity (Wildman–Crippen MR) is 76.6 cm³/mol. The zero-order valence-electron chi connectivity index (χ0n) is 11.3. The van der Waals surface area contributed by atoms with Crippen LogP contribution in [0.5, 0.6) is 5.75 Å². The number of imidazole rings is 1. The molecule has 98 valence electrons. The number of benzene rings is 1. The van der Waals surface area contributed by atoms with Crippen molar-refractivity contribution in [2.75, 3.05) is 7.11 Å². The van der Waals surface area contributed by atoms with Crippen molar-refractivity contribution in [2.45, 2.75) is 6.92 Å². The first kappa shape index (κ1) is 12.2. The third-order valence-corrected chi connectivity index (χ3v) is 3.25. The van der Waals surface area contributed by atoms with Crippen molar-refractivity contribution < 1.29 is 4.74 Å². The molecule has 3 aromatic rings. The van der Waals surface area contributed by atoms with Gasteiger partial charge in [-0.05, 0) is 48.9 Å². The number of hydrogen-bond acceptors (Lipinski definition) is 3. The second-order valence-electron chi connectivity index (χ2n) is 4.58. The van der Waals surface area contributed by atoms with Gasteiger partial charge in [0.15, 0.2) is 5.69 Å². The lowest BCUT2D eigenvalue weighted by molar-refractivity contribution is 0.415. The van der Waals surface area contributed by atoms with Gasteiger partial charge in [-0.2, -0.15) is 5.26 Å². The fourth-order valence-corrected chi connectivity index (χ4v) is 2.20. The van der Waals surface area contributed by atoms with Gasteiger partial charge >= 0.3 is 0 Å². The zero-order valence-corrected chi connectivity index (χ0v) is 11.3. The van der Waals surface area contributed by atoms with Crippen molar-refractivity contribution in [3.05, 3.63) is 53.9 Å². The van der Waals surface area contributed by atoms with E-state index in [4.69, 9.17) is 4.74 Å². The summed E-state index contributed by atoms with van der Waals surface area (Å²) in [5, 5.41) is 9.40. The highest BCUT2D eigenvalue weighted by atomic mass is 16.5. The number of hydrogen-bond donors (Lipinski definition) is 0. The lowest BCUT2D eigenvalue weighted by Crippen LogP contribution is -1.89. The molecule has 2 heterocycles. The van der Waals surface area contributed by atoms with Crippen molar-refractivity contribution in [1.29, 1.82) is 5.26 Å². The maximum absolute atomic E-state index is 9.40. The van der Waals surface area contributed by atoms with Gasteiger partial charge in [0, 0.05) is 11.8 Å². The molecule has 0 spiro atoms. The van der Waals surface area contributed by atoms with Crippen molar-refractivity contribution in [1.82, 2.24) is 9.38 Å². The number of pyridine rings is 1. The van der Waals surface area contributed by atoms with Gasteiger partial charge in [-0.15, -0.1) is 0 Å². The largest absolute Gasteiger partial charge is 0.497 e. The highest BCUT2D eigenvalue weighted by molar-refractivity contribution is 5.70. The van der Waals surface area contributed by atoms with Crippen LogP contribution in [0.15, 0.2) is 42.6 Å². The number of aromatic nitrogens is 2. The highest BCUT2D eigenvalue weighted by Gasteiger charge is 2.13. The number of aryl methyl sites for hydroxylation is 1. The SMILES string of the molecule is COc1ccc(-c2nc3cc(C)ccn3c2C#N)cc1. The average Bonchev–Trinajstić information content (AvgIpc) is 2.84. The molecular weight excluding hydrogens is 250 g/mol. The van der Waals surface area contributed by atoms with Gasteiger partial charge in [-0.3, -0.25) is 4.40 Å². The molecule has 4 nitrogen and oxygen atoms in total. The van der Waals surface area contributed by atoms with E-state index in [1.54, 1.807) is 7.11 Å². The molecule has 3 rings (SSSR count). The Kier molecular flexibility index (Phi) is 2.88. The van der Waals surface area contributed by atoms with Crippen molar-refractivity contribution >= 4 is 5.65 Å². The number of fused-ring (bicyclic) bond motifs is 1. The predicted octanol–water partition coefficient (Wildman–Crippen LogP) is 3.19. The van der Waals surface area contributed by atoms with E-state index < -0.39 is 0 Å². The number of rotatable bonds is 2. The van der Waals surface area contributed by atoms with Crippen molar-refractivity contribution in [3.63, 3.8) is 0 Å². The first-order chi connectivity index (χ1) is 9.72. The average molecular weight is 263 g/mol. The maximum Gasteiger partial charge on any atom is 0.152 e. The summed E-state index contributed by atoms with van der Waals surface area (Å²) in [5.41, 5.74) is 4.05. The molecule has 20 heavy (non-hydrogen) atoms. The molecule has 1 aromatic carbocycles. The summed E-state index contributed by atoms with van der Waals surface area (Å²) in [6, 6.07) is 13.7. The molecule has 0 bridgehead atoms. The van der Waals surface area contributed by atoms with Gasteiger partial charge < -0.3 is 4.74 Å². The van der Waals surface area contributed by atoms with Gasteiger partial charge in [0.1, 0.15) is 23.2 Å². The molecule has 0 aliphatic heterocycles. The first-order valence-corrected chi connectivity index (χ1v) is 6.26. The van der Waals surface area contributed by atoms with Crippen LogP contribution < -0.4 is 4.74 Å². The minimum atomic E-state index is 0.546. The minimum absolute atomic E-state index is 0.546. The number of nitriles is 1. The lowest BCUT2D eigenvalue weighted by atomic mass is 10.1. The van der Waals surface area contributed by atoms with Gasteiger partial charge in [0.05, 0.1) is 7.11 Å². The number of nitrogens with zero attached hydrogens (tertiary/aromatic N) is 3. The van der Waals surface area contributed by atoms with E-state index in [2.05, 4.69) is 11.1 Å². The van der Waals surface area contributed by atoms with E-state index >= 15 is 0 Å². The number of ether oxygens (including phenoxy) is 1. The van der Waals surface area contributed by atoms with Crippen LogP contribution in [0.1, 0.15) is 11.3 Å². The van der Waals surface area contributed by atoms with Crippen LogP contribution >= 0.6 is 0 Å². The second kappa shape index (κ2) is 4.71. The van der Waals surface area contributed by atoms with E-state index in [-0.39, 0.29) is 0 Å². The van der Waals surface area contributed by atoms with Crippen LogP contribution in [0.2, 0.25) is 0 Å². The Morgan fingerprint density at radius 2 is 1.95 bits per heavy atom. The molecule has 0 aliphatic rings. The monoisotopic (exact) mass is 263 g/mol. The summed E-state index contributed by atoms with van der Waals surface area (Å²) < 4.78 is 6.96. The Hall–Kier alpha value is -2.80. The van der Waals surface area contributed by atoms with Crippen LogP contribution in [-0.2, 0) is 0 Å². The zero-order chi connectivity index (χ0) is 14.1. The minimum Gasteiger partial charge on any atom is -0.497 e. The number of methoxy groups -OCH3 is 1. The van der Waals surface area contributed by atoms with E-state index in [1.165, 1.54) is 0 Å². The first-order valence-electron chi connectivity index (χ1n) is 6.26. The molecule has 0 amide bonds. The summed E-state index contributed by atoms with van der Waals surface area (Å²) in [6.45, 7) is 2.01. The van der Waals surface area contributed by atoms with Crippen LogP contribution in [0, 0.1) is 18.3 Å². The molecule has 0 saturated carbocycles. The summed E-state index contributed by atoms with van der Waals surface area (Å²) in [6.07, 6.45) is 1.88. The normalized spacial score (nSPS) is 10.4. The van der Waals surface area contributed by atoms with Crippen LogP contribution in [0.3, 0.4) is 0 Å². The van der Waals surface area contributed by atoms with Crippen LogP contribution in [-0.4, -0.2) is 16.5 Å². The van der Waals surface area contributed by atoms with Gasteiger partial charge in [0.25, 0.3) is 0 Å². The van der Waals surface area contributed by atoms with Gasteiger partial charge in [-0.1, -0.05) is 0 Å². The molecule has 4 heteroatoms. The maximum atomic E-state index is 9.40. The molecule has 0 fully saturated rings. The summed E-state index contributed by atoms with van der Waals surface area (Å²) in [5.74, 6) is 0.784. The molecule has 2 aromatic heterocycles. The third kappa shape index (κ3) is 1.90. The van der Waals surface area contributed by atoms with Crippen LogP contribution in [0.25, 0.3) is 16.9 Å². The standard InChI is InChI=1S/C16H13N3O/c1-11-7-8-19-14(10-17)16(18-15(19)9-11)12-3-5-13(20-2)6-4-12/h3-9H,1-2H3. The topological polar surface area (TPSA) is 50.3 Å². The Bertz CT molecular complexity index is 810. The Balaban J connectivity index is 2.22. The molecule has 0 atom stereocenters. The summed E-state index contributed by atoms with van der Waals surface area (Å²) in [7, 11) is 1.63. The Morgan fingerprint density at radius 3 is 2.60 bits per heavy atom. The van der Waals surface area contributed by atoms with Gasteiger partial charge in [-0.25, -0.2) is 4.98 Å². The van der Waals surface area contributed by atoms with E-state index in [9.17, 15) is 5.26 Å². The van der Waals surface area contributed by atoms with Crippen LogP contribution in [0.4, 0.5) is 0 Å². The highest BCUT2D eigenvalue weighted by Crippen LogP contribution is 2.26. The smallest absolute Gasteiger partial charge is 0.152 e. The second-order valence-corrected chi connectivity index (χ2v) is 4.58. The van der Waals surface area contributed by atoms with Gasteiger partial charge in [0.2, 0.25) is 0 Å². The van der Waals surface area contributed by atoms with E-state index in [0.29, 0.717) is 11.4 Å². The molecule has 0 saturated heterocycles. The van der Waals surface area contributed by atoms with E-state index in [1.807, 2.05) is 53.9 Å². The Labute approximate surface area is 116 Å². The van der Waals surface area contributed by atoms with Crippen molar-refractivity contribution in [2.24, 2.45) is 0 Å². The molecular formula is C16H13N3O. The molecule has 0 radical (unpaired) electrons. The lowest BCUT2D eigenvalue weighted by Gasteiger charge is -2.01. The summed E-state index contributed by atoms with van der Waals surface area (Å²) >= 11 is 0. The summed E-state index contributed by atoms with van der Waals surface area (Å²) in [4.78, 5) is 4.57. The molecule has 0 aliphatic carbocycles. The van der Waals surface area contributed by atoms with Crippen molar-refractivity contribution in [3.8, 4) is 23.1 Å². The fourth-order valence-electron chi connectivity index (χ4n) is 2.20. The molecule has 0 unspecified atom stereocenters.